The van der Waals surface area contributed by atoms with Gasteiger partial charge in [0.15, 0.2) is 6.29 Å². The summed E-state index contributed by atoms with van der Waals surface area (Å²) in [5.41, 5.74) is -0.255. The van der Waals surface area contributed by atoms with Crippen LogP contribution in [0.5, 0.6) is 0 Å². The van der Waals surface area contributed by atoms with Crippen molar-refractivity contribution in [2.45, 2.75) is 69.5 Å². The Kier molecular flexibility index (Phi) is 6.77. The van der Waals surface area contributed by atoms with Crippen LogP contribution < -0.4 is 5.32 Å². The maximum atomic E-state index is 11.6. The van der Waals surface area contributed by atoms with Crippen LogP contribution >= 0.6 is 0 Å². The molecule has 2 rings (SSSR count). The monoisotopic (exact) mass is 363 g/mol. The zero-order valence-corrected chi connectivity index (χ0v) is 14.8. The molecule has 9 nitrogen and oxygen atoms in total. The highest BCUT2D eigenvalue weighted by atomic mass is 16.7. The molecule has 1 amide bonds. The van der Waals surface area contributed by atoms with Crippen molar-refractivity contribution in [3.05, 3.63) is 0 Å². The van der Waals surface area contributed by atoms with E-state index >= 15 is 0 Å². The van der Waals surface area contributed by atoms with Gasteiger partial charge in [-0.1, -0.05) is 0 Å². The minimum atomic E-state index is -1.50. The van der Waals surface area contributed by atoms with Gasteiger partial charge in [-0.05, 0) is 19.8 Å². The molecular formula is C16H29NO8. The van der Waals surface area contributed by atoms with Gasteiger partial charge in [-0.2, -0.15) is 0 Å². The standard InChI is InChI=1S/C16H29NO8/c1-8(23-3)16(4-5-16)11(17-9(2)19)7-24-15-14(22)13(21)12(20)10(6-18)25-15/h8,10-15,18,20-22H,4-7H2,1-3H3,(H,17,19)/t8-,10?,11+,12?,13?,14?,15?/m1/s1. The Morgan fingerprint density at radius 1 is 1.28 bits per heavy atom. The van der Waals surface area contributed by atoms with Crippen molar-refractivity contribution in [3.8, 4) is 0 Å². The predicted molar refractivity (Wildman–Crippen MR) is 85.5 cm³/mol. The van der Waals surface area contributed by atoms with Crippen LogP contribution in [0, 0.1) is 5.41 Å². The van der Waals surface area contributed by atoms with Gasteiger partial charge in [0.25, 0.3) is 0 Å². The maximum absolute atomic E-state index is 11.6. The first-order valence-corrected chi connectivity index (χ1v) is 8.48. The van der Waals surface area contributed by atoms with Crippen molar-refractivity contribution in [1.29, 1.82) is 0 Å². The van der Waals surface area contributed by atoms with E-state index < -0.39 is 37.3 Å². The number of methoxy groups -OCH3 is 1. The average Bonchev–Trinajstić information content (AvgIpc) is 3.38. The van der Waals surface area contributed by atoms with Gasteiger partial charge in [0.05, 0.1) is 25.4 Å². The number of aliphatic hydroxyl groups excluding tert-OH is 4. The van der Waals surface area contributed by atoms with Gasteiger partial charge in [0, 0.05) is 19.4 Å². The topological polar surface area (TPSA) is 138 Å². The molecule has 5 N–H and O–H groups in total. The molecule has 0 radical (unpaired) electrons. The van der Waals surface area contributed by atoms with Gasteiger partial charge in [-0.25, -0.2) is 0 Å². The third kappa shape index (κ3) is 4.30. The molecule has 0 spiro atoms. The second-order valence-corrected chi connectivity index (χ2v) is 6.89. The summed E-state index contributed by atoms with van der Waals surface area (Å²) in [4.78, 5) is 11.6. The highest BCUT2D eigenvalue weighted by molar-refractivity contribution is 5.73. The lowest BCUT2D eigenvalue weighted by Crippen LogP contribution is -2.60. The number of carbonyl (C=O) groups excluding carboxylic acids is 1. The van der Waals surface area contributed by atoms with Crippen LogP contribution in [0.1, 0.15) is 26.7 Å². The molecule has 7 atom stereocenters. The largest absolute Gasteiger partial charge is 0.394 e. The number of amides is 1. The molecule has 5 unspecified atom stereocenters. The second-order valence-electron chi connectivity index (χ2n) is 6.89. The van der Waals surface area contributed by atoms with Crippen molar-refractivity contribution in [3.63, 3.8) is 0 Å². The van der Waals surface area contributed by atoms with E-state index in [9.17, 15) is 25.2 Å². The number of hydrogen-bond acceptors (Lipinski definition) is 8. The second kappa shape index (κ2) is 8.26. The zero-order valence-electron chi connectivity index (χ0n) is 14.8. The molecule has 0 aromatic rings. The van der Waals surface area contributed by atoms with Crippen molar-refractivity contribution in [2.75, 3.05) is 20.3 Å². The van der Waals surface area contributed by atoms with E-state index in [1.807, 2.05) is 6.92 Å². The van der Waals surface area contributed by atoms with Crippen LogP contribution in [-0.2, 0) is 19.0 Å². The van der Waals surface area contributed by atoms with Crippen LogP contribution in [-0.4, -0.2) is 89.5 Å². The summed E-state index contributed by atoms with van der Waals surface area (Å²) in [7, 11) is 1.61. The lowest BCUT2D eigenvalue weighted by molar-refractivity contribution is -0.303. The Hall–Kier alpha value is -0.810. The smallest absolute Gasteiger partial charge is 0.217 e. The van der Waals surface area contributed by atoms with Crippen LogP contribution in [0.4, 0.5) is 0 Å². The Morgan fingerprint density at radius 3 is 2.40 bits per heavy atom. The van der Waals surface area contributed by atoms with Crippen LogP contribution in [0.25, 0.3) is 0 Å². The van der Waals surface area contributed by atoms with E-state index in [-0.39, 0.29) is 30.1 Å². The number of nitrogens with one attached hydrogen (secondary N) is 1. The molecule has 1 aliphatic carbocycles. The number of hydrogen-bond donors (Lipinski definition) is 5. The summed E-state index contributed by atoms with van der Waals surface area (Å²) in [5.74, 6) is -0.211. The van der Waals surface area contributed by atoms with E-state index in [1.54, 1.807) is 7.11 Å². The van der Waals surface area contributed by atoms with E-state index in [0.29, 0.717) is 0 Å². The van der Waals surface area contributed by atoms with E-state index in [0.717, 1.165) is 12.8 Å². The van der Waals surface area contributed by atoms with Crippen LogP contribution in [0.2, 0.25) is 0 Å². The van der Waals surface area contributed by atoms with E-state index in [2.05, 4.69) is 5.32 Å². The normalized spacial score (nSPS) is 36.5. The predicted octanol–water partition coefficient (Wildman–Crippen LogP) is -1.88. The van der Waals surface area contributed by atoms with Crippen molar-refractivity contribution in [2.24, 2.45) is 5.41 Å². The van der Waals surface area contributed by atoms with E-state index in [1.165, 1.54) is 6.92 Å². The summed E-state index contributed by atoms with van der Waals surface area (Å²) >= 11 is 0. The first-order chi connectivity index (χ1) is 11.8. The molecule has 146 valence electrons. The molecule has 1 saturated heterocycles. The van der Waals surface area contributed by atoms with Crippen molar-refractivity contribution >= 4 is 5.91 Å². The van der Waals surface area contributed by atoms with Gasteiger partial charge in [0.1, 0.15) is 24.4 Å². The Labute approximate surface area is 146 Å². The highest BCUT2D eigenvalue weighted by Gasteiger charge is 2.55. The third-order valence-electron chi connectivity index (χ3n) is 5.34. The van der Waals surface area contributed by atoms with Crippen LogP contribution in [0.15, 0.2) is 0 Å². The Bertz CT molecular complexity index is 455. The molecule has 1 heterocycles. The number of aliphatic hydroxyl groups is 4. The lowest BCUT2D eigenvalue weighted by atomic mass is 9.91. The lowest BCUT2D eigenvalue weighted by Gasteiger charge is -2.40. The molecule has 0 aromatic heterocycles. The highest BCUT2D eigenvalue weighted by Crippen LogP contribution is 2.52. The minimum Gasteiger partial charge on any atom is -0.394 e. The molecule has 9 heteroatoms. The average molecular weight is 363 g/mol. The number of ether oxygens (including phenoxy) is 3. The van der Waals surface area contributed by atoms with Crippen LogP contribution in [0.3, 0.4) is 0 Å². The van der Waals surface area contributed by atoms with Gasteiger partial charge < -0.3 is 40.0 Å². The fraction of sp³-hybridized carbons (Fsp3) is 0.938. The number of carbonyl (C=O) groups is 1. The summed E-state index contributed by atoms with van der Waals surface area (Å²) in [6, 6.07) is -0.354. The summed E-state index contributed by atoms with van der Waals surface area (Å²) in [6.07, 6.45) is -5.02. The minimum absolute atomic E-state index is 0.0377. The fourth-order valence-corrected chi connectivity index (χ4v) is 3.41. The Morgan fingerprint density at radius 2 is 1.92 bits per heavy atom. The SMILES string of the molecule is CO[C@H](C)C1([C@H](COC2OC(CO)C(O)C(O)C2O)NC(C)=O)CC1. The summed E-state index contributed by atoms with van der Waals surface area (Å²) < 4.78 is 16.4. The molecule has 2 fully saturated rings. The molecule has 1 aliphatic heterocycles. The summed E-state index contributed by atoms with van der Waals surface area (Å²) in [6.45, 7) is 2.85. The van der Waals surface area contributed by atoms with Gasteiger partial charge in [-0.15, -0.1) is 0 Å². The van der Waals surface area contributed by atoms with Gasteiger partial charge in [0.2, 0.25) is 5.91 Å². The van der Waals surface area contributed by atoms with Gasteiger partial charge in [-0.3, -0.25) is 4.79 Å². The molecule has 0 bridgehead atoms. The van der Waals surface area contributed by atoms with E-state index in [4.69, 9.17) is 14.2 Å². The molecule has 2 aliphatic rings. The zero-order chi connectivity index (χ0) is 18.8. The molecule has 1 saturated carbocycles. The first-order valence-electron chi connectivity index (χ1n) is 8.48. The van der Waals surface area contributed by atoms with Gasteiger partial charge >= 0.3 is 0 Å². The third-order valence-corrected chi connectivity index (χ3v) is 5.34. The van der Waals surface area contributed by atoms with Crippen molar-refractivity contribution < 1.29 is 39.4 Å². The summed E-state index contributed by atoms with van der Waals surface area (Å²) in [5, 5.41) is 41.7. The fourth-order valence-electron chi connectivity index (χ4n) is 3.41. The molecule has 25 heavy (non-hydrogen) atoms. The first kappa shape index (κ1) is 20.5. The molecule has 0 aromatic carbocycles. The molecular weight excluding hydrogens is 334 g/mol. The quantitative estimate of drug-likeness (QED) is 0.338. The number of rotatable bonds is 8. The maximum Gasteiger partial charge on any atom is 0.217 e. The Balaban J connectivity index is 2.03. The van der Waals surface area contributed by atoms with Crippen molar-refractivity contribution in [1.82, 2.24) is 5.32 Å².